The largest absolute Gasteiger partial charge is 0.479 e. The van der Waals surface area contributed by atoms with E-state index in [-0.39, 0.29) is 17.1 Å². The van der Waals surface area contributed by atoms with Crippen LogP contribution in [0.15, 0.2) is 6.20 Å². The van der Waals surface area contributed by atoms with E-state index in [9.17, 15) is 15.0 Å². The van der Waals surface area contributed by atoms with E-state index in [0.29, 0.717) is 5.56 Å². The van der Waals surface area contributed by atoms with Gasteiger partial charge in [-0.1, -0.05) is 0 Å². The smallest absolute Gasteiger partial charge is 0.335 e. The molecule has 0 saturated heterocycles. The Morgan fingerprint density at radius 1 is 1.44 bits per heavy atom. The van der Waals surface area contributed by atoms with Gasteiger partial charge in [0.1, 0.15) is 11.9 Å². The molecule has 0 aliphatic rings. The molecule has 0 aromatic carbocycles. The molecule has 0 fully saturated rings. The zero-order valence-corrected chi connectivity index (χ0v) is 8.58. The van der Waals surface area contributed by atoms with Crippen LogP contribution in [0.2, 0.25) is 0 Å². The molecular weight excluding hydrogens is 214 g/mol. The third kappa shape index (κ3) is 2.05. The highest BCUT2D eigenvalue weighted by atomic mass is 16.4. The number of carboxylic acid groups (broad SMARTS) is 1. The van der Waals surface area contributed by atoms with E-state index in [4.69, 9.17) is 16.6 Å². The van der Waals surface area contributed by atoms with Gasteiger partial charge in [-0.25, -0.2) is 9.78 Å². The van der Waals surface area contributed by atoms with Gasteiger partial charge in [0.25, 0.3) is 0 Å². The van der Waals surface area contributed by atoms with Gasteiger partial charge >= 0.3 is 5.97 Å². The lowest BCUT2D eigenvalue weighted by Gasteiger charge is -2.17. The number of pyridine rings is 1. The number of aliphatic hydroxyl groups is 2. The SMILES string of the molecule is Cc1c(C(O)C(O)C(=O)O)cnc(N)c1N. The number of rotatable bonds is 3. The van der Waals surface area contributed by atoms with Crippen molar-refractivity contribution in [1.82, 2.24) is 4.98 Å². The Labute approximate surface area is 91.3 Å². The quantitative estimate of drug-likeness (QED) is 0.447. The fourth-order valence-corrected chi connectivity index (χ4v) is 1.26. The van der Waals surface area contributed by atoms with E-state index < -0.39 is 18.2 Å². The van der Waals surface area contributed by atoms with Crippen molar-refractivity contribution in [1.29, 1.82) is 0 Å². The van der Waals surface area contributed by atoms with Crippen LogP contribution in [-0.4, -0.2) is 32.4 Å². The van der Waals surface area contributed by atoms with Crippen LogP contribution in [0.5, 0.6) is 0 Å². The highest BCUT2D eigenvalue weighted by Gasteiger charge is 2.27. The summed E-state index contributed by atoms with van der Waals surface area (Å²) in [5.41, 5.74) is 11.7. The molecule has 0 bridgehead atoms. The van der Waals surface area contributed by atoms with Gasteiger partial charge in [-0.15, -0.1) is 0 Å². The Hall–Kier alpha value is -1.86. The van der Waals surface area contributed by atoms with Crippen LogP contribution in [-0.2, 0) is 4.79 Å². The molecule has 1 rings (SSSR count). The first-order valence-electron chi connectivity index (χ1n) is 4.45. The number of aliphatic carboxylic acids is 1. The van der Waals surface area contributed by atoms with Gasteiger partial charge in [-0.2, -0.15) is 0 Å². The minimum atomic E-state index is -1.93. The van der Waals surface area contributed by atoms with Crippen molar-refractivity contribution in [2.75, 3.05) is 11.5 Å². The molecule has 1 heterocycles. The number of carboxylic acids is 1. The predicted molar refractivity (Wildman–Crippen MR) is 56.4 cm³/mol. The van der Waals surface area contributed by atoms with Crippen molar-refractivity contribution < 1.29 is 20.1 Å². The molecule has 16 heavy (non-hydrogen) atoms. The molecule has 0 aliphatic carbocycles. The first kappa shape index (κ1) is 12.2. The second-order valence-corrected chi connectivity index (χ2v) is 3.37. The second-order valence-electron chi connectivity index (χ2n) is 3.37. The summed E-state index contributed by atoms with van der Waals surface area (Å²) in [4.78, 5) is 14.2. The molecule has 88 valence electrons. The number of hydrogen-bond acceptors (Lipinski definition) is 6. The van der Waals surface area contributed by atoms with Gasteiger partial charge in [0, 0.05) is 11.8 Å². The lowest BCUT2D eigenvalue weighted by molar-refractivity contribution is -0.153. The minimum Gasteiger partial charge on any atom is -0.479 e. The number of carbonyl (C=O) groups is 1. The van der Waals surface area contributed by atoms with Crippen molar-refractivity contribution in [2.24, 2.45) is 0 Å². The average Bonchev–Trinajstić information content (AvgIpc) is 2.24. The summed E-state index contributed by atoms with van der Waals surface area (Å²) >= 11 is 0. The normalized spacial score (nSPS) is 14.4. The molecule has 0 saturated carbocycles. The molecule has 0 spiro atoms. The molecule has 7 heteroatoms. The Balaban J connectivity index is 3.14. The number of nitrogens with zero attached hydrogens (tertiary/aromatic N) is 1. The average molecular weight is 227 g/mol. The lowest BCUT2D eigenvalue weighted by atomic mass is 10.0. The van der Waals surface area contributed by atoms with E-state index >= 15 is 0 Å². The van der Waals surface area contributed by atoms with Crippen LogP contribution in [0.3, 0.4) is 0 Å². The van der Waals surface area contributed by atoms with Crippen LogP contribution in [0.1, 0.15) is 17.2 Å². The summed E-state index contributed by atoms with van der Waals surface area (Å²) < 4.78 is 0. The van der Waals surface area contributed by atoms with E-state index in [1.807, 2.05) is 0 Å². The molecule has 0 aliphatic heterocycles. The van der Waals surface area contributed by atoms with Crippen LogP contribution in [0.25, 0.3) is 0 Å². The maximum absolute atomic E-state index is 10.5. The molecule has 0 radical (unpaired) electrons. The van der Waals surface area contributed by atoms with Crippen LogP contribution < -0.4 is 11.5 Å². The van der Waals surface area contributed by atoms with Crippen LogP contribution in [0, 0.1) is 6.92 Å². The fraction of sp³-hybridized carbons (Fsp3) is 0.333. The number of aliphatic hydroxyl groups excluding tert-OH is 2. The van der Waals surface area contributed by atoms with Gasteiger partial charge in [0.2, 0.25) is 0 Å². The summed E-state index contributed by atoms with van der Waals surface area (Å²) in [5, 5.41) is 27.3. The van der Waals surface area contributed by atoms with E-state index in [2.05, 4.69) is 4.98 Å². The van der Waals surface area contributed by atoms with Crippen LogP contribution in [0.4, 0.5) is 11.5 Å². The van der Waals surface area contributed by atoms with Crippen LogP contribution >= 0.6 is 0 Å². The summed E-state index contributed by atoms with van der Waals surface area (Å²) in [5.74, 6) is -1.43. The highest BCUT2D eigenvalue weighted by molar-refractivity contribution is 5.74. The molecular formula is C9H13N3O4. The molecule has 7 nitrogen and oxygen atoms in total. The number of nitrogens with two attached hydrogens (primary N) is 2. The van der Waals surface area contributed by atoms with Crippen molar-refractivity contribution in [3.63, 3.8) is 0 Å². The molecule has 1 aromatic rings. The molecule has 1 aromatic heterocycles. The van der Waals surface area contributed by atoms with Gasteiger partial charge in [0.05, 0.1) is 5.69 Å². The monoisotopic (exact) mass is 227 g/mol. The Kier molecular flexibility index (Phi) is 3.31. The fourth-order valence-electron chi connectivity index (χ4n) is 1.26. The third-order valence-corrected chi connectivity index (χ3v) is 2.33. The number of anilines is 2. The topological polar surface area (TPSA) is 143 Å². The van der Waals surface area contributed by atoms with Crippen molar-refractivity contribution in [3.8, 4) is 0 Å². The molecule has 7 N–H and O–H groups in total. The Bertz CT molecular complexity index is 421. The summed E-state index contributed by atoms with van der Waals surface area (Å²) in [7, 11) is 0. The first-order chi connectivity index (χ1) is 7.36. The standard InChI is InChI=1S/C9H13N3O4/c1-3-4(2-12-8(11)5(3)10)6(13)7(14)9(15)16/h2,6-7,13-14H,10H2,1H3,(H2,11,12)(H,15,16). The van der Waals surface area contributed by atoms with Gasteiger partial charge in [-0.05, 0) is 12.5 Å². The Morgan fingerprint density at radius 2 is 2.00 bits per heavy atom. The maximum atomic E-state index is 10.5. The molecule has 2 atom stereocenters. The van der Waals surface area contributed by atoms with Crippen molar-refractivity contribution >= 4 is 17.5 Å². The zero-order chi connectivity index (χ0) is 12.5. The highest BCUT2D eigenvalue weighted by Crippen LogP contribution is 2.26. The maximum Gasteiger partial charge on any atom is 0.335 e. The van der Waals surface area contributed by atoms with Crippen molar-refractivity contribution in [3.05, 3.63) is 17.3 Å². The third-order valence-electron chi connectivity index (χ3n) is 2.33. The van der Waals surface area contributed by atoms with E-state index in [1.54, 1.807) is 6.92 Å². The zero-order valence-electron chi connectivity index (χ0n) is 8.58. The van der Waals surface area contributed by atoms with Gasteiger partial charge < -0.3 is 26.8 Å². The summed E-state index contributed by atoms with van der Waals surface area (Å²) in [6.07, 6.45) is -2.32. The number of nitrogen functional groups attached to an aromatic ring is 2. The van der Waals surface area contributed by atoms with Gasteiger partial charge in [0.15, 0.2) is 6.10 Å². The number of hydrogen-bond donors (Lipinski definition) is 5. The summed E-state index contributed by atoms with van der Waals surface area (Å²) in [6.45, 7) is 1.56. The predicted octanol–water partition coefficient (Wildman–Crippen LogP) is -0.967. The second kappa shape index (κ2) is 4.33. The first-order valence-corrected chi connectivity index (χ1v) is 4.45. The van der Waals surface area contributed by atoms with Crippen molar-refractivity contribution in [2.45, 2.75) is 19.1 Å². The number of aromatic nitrogens is 1. The Morgan fingerprint density at radius 3 is 2.50 bits per heavy atom. The molecule has 2 unspecified atom stereocenters. The lowest BCUT2D eigenvalue weighted by Crippen LogP contribution is -2.28. The van der Waals surface area contributed by atoms with E-state index in [0.717, 1.165) is 0 Å². The van der Waals surface area contributed by atoms with Gasteiger partial charge in [-0.3, -0.25) is 0 Å². The molecule has 0 amide bonds. The minimum absolute atomic E-state index is 0.0956. The van der Waals surface area contributed by atoms with E-state index in [1.165, 1.54) is 6.20 Å². The summed E-state index contributed by atoms with van der Waals surface area (Å²) in [6, 6.07) is 0.